The molecule has 2 aromatic rings. The van der Waals surface area contributed by atoms with E-state index in [0.717, 1.165) is 18.6 Å². The summed E-state index contributed by atoms with van der Waals surface area (Å²) in [7, 11) is 0. The summed E-state index contributed by atoms with van der Waals surface area (Å²) in [6.45, 7) is 4.98. The van der Waals surface area contributed by atoms with E-state index in [0.29, 0.717) is 5.92 Å². The number of imidazole rings is 1. The summed E-state index contributed by atoms with van der Waals surface area (Å²) in [5.74, 6) is 0.505. The molecule has 3 heteroatoms. The Morgan fingerprint density at radius 1 is 1.47 bits per heavy atom. The molecule has 0 aliphatic heterocycles. The predicted octanol–water partition coefficient (Wildman–Crippen LogP) is 1.78. The molecule has 0 spiro atoms. The van der Waals surface area contributed by atoms with Gasteiger partial charge in [-0.25, -0.2) is 4.98 Å². The van der Waals surface area contributed by atoms with Gasteiger partial charge in [-0.15, -0.1) is 0 Å². The number of aromatic nitrogens is 2. The molecule has 0 aliphatic carbocycles. The van der Waals surface area contributed by atoms with E-state index in [1.165, 1.54) is 11.3 Å². The third-order valence-electron chi connectivity index (χ3n) is 2.69. The second-order valence-electron chi connectivity index (χ2n) is 4.23. The third kappa shape index (κ3) is 2.02. The summed E-state index contributed by atoms with van der Waals surface area (Å²) in [6.07, 6.45) is 5.06. The van der Waals surface area contributed by atoms with Crippen LogP contribution in [-0.4, -0.2) is 15.9 Å². The lowest BCUT2D eigenvalue weighted by atomic mass is 10.1. The first-order valence-corrected chi connectivity index (χ1v) is 5.33. The molecule has 0 saturated heterocycles. The fourth-order valence-electron chi connectivity index (χ4n) is 1.73. The van der Waals surface area contributed by atoms with Crippen LogP contribution >= 0.6 is 0 Å². The topological polar surface area (TPSA) is 43.3 Å². The zero-order valence-electron chi connectivity index (χ0n) is 9.27. The summed E-state index contributed by atoms with van der Waals surface area (Å²) in [5.41, 5.74) is 9.14. The Balaban J connectivity index is 2.39. The van der Waals surface area contributed by atoms with Crippen LogP contribution in [0.3, 0.4) is 0 Å². The Bertz CT molecular complexity index is 459. The van der Waals surface area contributed by atoms with E-state index in [9.17, 15) is 0 Å². The average molecular weight is 203 g/mol. The van der Waals surface area contributed by atoms with Gasteiger partial charge in [0.25, 0.3) is 0 Å². The SMILES string of the molecule is Cc1ccc2ncc(CC(C)CN)n2c1. The van der Waals surface area contributed by atoms with Crippen molar-refractivity contribution < 1.29 is 0 Å². The molecule has 0 amide bonds. The van der Waals surface area contributed by atoms with Gasteiger partial charge >= 0.3 is 0 Å². The first-order valence-electron chi connectivity index (χ1n) is 5.33. The van der Waals surface area contributed by atoms with Crippen LogP contribution in [0.25, 0.3) is 5.65 Å². The fraction of sp³-hybridized carbons (Fsp3) is 0.417. The normalized spacial score (nSPS) is 13.3. The molecule has 2 aromatic heterocycles. The Labute approximate surface area is 89.9 Å². The first kappa shape index (κ1) is 10.2. The van der Waals surface area contributed by atoms with Gasteiger partial charge in [0.05, 0.1) is 0 Å². The summed E-state index contributed by atoms with van der Waals surface area (Å²) < 4.78 is 2.15. The highest BCUT2D eigenvalue weighted by Crippen LogP contribution is 2.12. The molecule has 0 fully saturated rings. The second kappa shape index (κ2) is 4.03. The number of nitrogens with two attached hydrogens (primary N) is 1. The molecule has 0 aliphatic rings. The van der Waals surface area contributed by atoms with Gasteiger partial charge in [0, 0.05) is 18.1 Å². The molecule has 0 radical (unpaired) electrons. The van der Waals surface area contributed by atoms with E-state index < -0.39 is 0 Å². The molecule has 0 saturated carbocycles. The van der Waals surface area contributed by atoms with Crippen molar-refractivity contribution in [1.29, 1.82) is 0 Å². The van der Waals surface area contributed by atoms with Crippen LogP contribution in [-0.2, 0) is 6.42 Å². The zero-order valence-corrected chi connectivity index (χ0v) is 9.27. The van der Waals surface area contributed by atoms with Crippen molar-refractivity contribution in [3.05, 3.63) is 35.8 Å². The van der Waals surface area contributed by atoms with Crippen LogP contribution in [0.5, 0.6) is 0 Å². The molecule has 0 aromatic carbocycles. The largest absolute Gasteiger partial charge is 0.330 e. The van der Waals surface area contributed by atoms with Crippen molar-refractivity contribution in [2.24, 2.45) is 11.7 Å². The minimum absolute atomic E-state index is 0.505. The summed E-state index contributed by atoms with van der Waals surface area (Å²) in [6, 6.07) is 4.13. The third-order valence-corrected chi connectivity index (χ3v) is 2.69. The fourth-order valence-corrected chi connectivity index (χ4v) is 1.73. The molecule has 1 unspecified atom stereocenters. The molecule has 15 heavy (non-hydrogen) atoms. The van der Waals surface area contributed by atoms with Crippen molar-refractivity contribution >= 4 is 5.65 Å². The molecular formula is C12H17N3. The zero-order chi connectivity index (χ0) is 10.8. The quantitative estimate of drug-likeness (QED) is 0.826. The van der Waals surface area contributed by atoms with E-state index in [1.807, 2.05) is 12.3 Å². The average Bonchev–Trinajstić information content (AvgIpc) is 2.61. The lowest BCUT2D eigenvalue weighted by molar-refractivity contribution is 0.582. The molecular weight excluding hydrogens is 186 g/mol. The predicted molar refractivity (Wildman–Crippen MR) is 61.9 cm³/mol. The summed E-state index contributed by atoms with van der Waals surface area (Å²) in [5, 5.41) is 0. The van der Waals surface area contributed by atoms with Crippen LogP contribution in [0.4, 0.5) is 0 Å². The van der Waals surface area contributed by atoms with Gasteiger partial charge in [0.15, 0.2) is 0 Å². The molecule has 80 valence electrons. The lowest BCUT2D eigenvalue weighted by Gasteiger charge is -2.07. The minimum Gasteiger partial charge on any atom is -0.330 e. The molecule has 0 bridgehead atoms. The van der Waals surface area contributed by atoms with Crippen molar-refractivity contribution in [1.82, 2.24) is 9.38 Å². The smallest absolute Gasteiger partial charge is 0.136 e. The molecule has 2 N–H and O–H groups in total. The molecule has 2 rings (SSSR count). The number of rotatable bonds is 3. The van der Waals surface area contributed by atoms with E-state index in [1.54, 1.807) is 0 Å². The summed E-state index contributed by atoms with van der Waals surface area (Å²) >= 11 is 0. The van der Waals surface area contributed by atoms with Crippen molar-refractivity contribution in [3.63, 3.8) is 0 Å². The number of aryl methyl sites for hydroxylation is 1. The summed E-state index contributed by atoms with van der Waals surface area (Å²) in [4.78, 5) is 4.37. The van der Waals surface area contributed by atoms with Gasteiger partial charge in [0.2, 0.25) is 0 Å². The molecule has 3 nitrogen and oxygen atoms in total. The van der Waals surface area contributed by atoms with Crippen LogP contribution in [0, 0.1) is 12.8 Å². The lowest BCUT2D eigenvalue weighted by Crippen LogP contribution is -2.14. The van der Waals surface area contributed by atoms with Crippen LogP contribution in [0.2, 0.25) is 0 Å². The monoisotopic (exact) mass is 203 g/mol. The maximum Gasteiger partial charge on any atom is 0.136 e. The number of nitrogens with zero attached hydrogens (tertiary/aromatic N) is 2. The molecule has 2 heterocycles. The van der Waals surface area contributed by atoms with Gasteiger partial charge in [-0.1, -0.05) is 13.0 Å². The highest BCUT2D eigenvalue weighted by atomic mass is 15.0. The standard InChI is InChI=1S/C12H17N3/c1-9-3-4-12-14-7-11(15(12)8-9)5-10(2)6-13/h3-4,7-8,10H,5-6,13H2,1-2H3. The van der Waals surface area contributed by atoms with Gasteiger partial charge < -0.3 is 10.1 Å². The van der Waals surface area contributed by atoms with Crippen LogP contribution in [0.15, 0.2) is 24.5 Å². The minimum atomic E-state index is 0.505. The van der Waals surface area contributed by atoms with Crippen molar-refractivity contribution in [2.75, 3.05) is 6.54 Å². The van der Waals surface area contributed by atoms with E-state index in [-0.39, 0.29) is 0 Å². The Kier molecular flexibility index (Phi) is 2.73. The van der Waals surface area contributed by atoms with Gasteiger partial charge in [-0.05, 0) is 37.4 Å². The highest BCUT2D eigenvalue weighted by Gasteiger charge is 2.06. The van der Waals surface area contributed by atoms with Gasteiger partial charge in [-0.2, -0.15) is 0 Å². The van der Waals surface area contributed by atoms with Crippen LogP contribution < -0.4 is 5.73 Å². The Hall–Kier alpha value is -1.35. The second-order valence-corrected chi connectivity index (χ2v) is 4.23. The number of pyridine rings is 1. The highest BCUT2D eigenvalue weighted by molar-refractivity contribution is 5.41. The molecule has 1 atom stereocenters. The maximum absolute atomic E-state index is 5.63. The first-order chi connectivity index (χ1) is 7.20. The van der Waals surface area contributed by atoms with Crippen molar-refractivity contribution in [3.8, 4) is 0 Å². The number of hydrogen-bond acceptors (Lipinski definition) is 2. The number of hydrogen-bond donors (Lipinski definition) is 1. The van der Waals surface area contributed by atoms with E-state index in [2.05, 4.69) is 35.5 Å². The van der Waals surface area contributed by atoms with Crippen LogP contribution in [0.1, 0.15) is 18.2 Å². The van der Waals surface area contributed by atoms with Gasteiger partial charge in [0.1, 0.15) is 5.65 Å². The Morgan fingerprint density at radius 3 is 3.00 bits per heavy atom. The number of fused-ring (bicyclic) bond motifs is 1. The van der Waals surface area contributed by atoms with E-state index >= 15 is 0 Å². The van der Waals surface area contributed by atoms with Crippen molar-refractivity contribution in [2.45, 2.75) is 20.3 Å². The van der Waals surface area contributed by atoms with E-state index in [4.69, 9.17) is 5.73 Å². The van der Waals surface area contributed by atoms with Gasteiger partial charge in [-0.3, -0.25) is 0 Å². The maximum atomic E-state index is 5.63. The Morgan fingerprint density at radius 2 is 2.27 bits per heavy atom.